The molecule has 0 aliphatic carbocycles. The summed E-state index contributed by atoms with van der Waals surface area (Å²) < 4.78 is 0. The fourth-order valence-electron chi connectivity index (χ4n) is 2.02. The molecule has 0 spiro atoms. The first-order valence-corrected chi connectivity index (χ1v) is 8.85. The SMILES string of the molecule is CCNC(=O)C(C)(C)CN=C(NCC)NC(C)CCC(C)(C)C. The van der Waals surface area contributed by atoms with E-state index in [0.717, 1.165) is 25.3 Å². The number of carbonyl (C=O) groups excluding carboxylic acids is 1. The molecule has 3 N–H and O–H groups in total. The molecule has 0 aromatic carbocycles. The van der Waals surface area contributed by atoms with Gasteiger partial charge >= 0.3 is 0 Å². The summed E-state index contributed by atoms with van der Waals surface area (Å²) in [4.78, 5) is 16.7. The van der Waals surface area contributed by atoms with Crippen LogP contribution >= 0.6 is 0 Å². The lowest BCUT2D eigenvalue weighted by Gasteiger charge is -2.24. The van der Waals surface area contributed by atoms with Gasteiger partial charge in [-0.25, -0.2) is 0 Å². The second-order valence-corrected chi connectivity index (χ2v) is 8.08. The fourth-order valence-corrected chi connectivity index (χ4v) is 2.02. The Bertz CT molecular complexity index is 383. The van der Waals surface area contributed by atoms with Crippen LogP contribution in [0.3, 0.4) is 0 Å². The Labute approximate surface area is 143 Å². The van der Waals surface area contributed by atoms with Gasteiger partial charge in [-0.15, -0.1) is 0 Å². The average Bonchev–Trinajstić information content (AvgIpc) is 2.42. The summed E-state index contributed by atoms with van der Waals surface area (Å²) in [7, 11) is 0. The Hall–Kier alpha value is -1.26. The van der Waals surface area contributed by atoms with E-state index in [0.29, 0.717) is 24.5 Å². The van der Waals surface area contributed by atoms with Crippen LogP contribution in [-0.4, -0.2) is 37.5 Å². The standard InChI is InChI=1S/C18H38N4O/c1-9-19-15(23)18(7,8)13-21-16(20-10-2)22-14(3)11-12-17(4,5)6/h14H,9-13H2,1-8H3,(H,19,23)(H2,20,21,22). The van der Waals surface area contributed by atoms with Crippen molar-refractivity contribution < 1.29 is 4.79 Å². The maximum absolute atomic E-state index is 12.0. The molecule has 1 atom stereocenters. The molecule has 0 aliphatic rings. The predicted molar refractivity (Wildman–Crippen MR) is 99.7 cm³/mol. The molecule has 0 aromatic rings. The first kappa shape index (κ1) is 21.7. The molecule has 1 unspecified atom stereocenters. The Morgan fingerprint density at radius 1 is 1.04 bits per heavy atom. The van der Waals surface area contributed by atoms with Gasteiger partial charge in [0.05, 0.1) is 12.0 Å². The van der Waals surface area contributed by atoms with Gasteiger partial charge in [-0.2, -0.15) is 0 Å². The molecule has 5 heteroatoms. The molecule has 0 fully saturated rings. The van der Waals surface area contributed by atoms with Crippen LogP contribution in [0.2, 0.25) is 0 Å². The third-order valence-electron chi connectivity index (χ3n) is 3.64. The summed E-state index contributed by atoms with van der Waals surface area (Å²) in [5, 5.41) is 9.57. The summed E-state index contributed by atoms with van der Waals surface area (Å²) in [6.07, 6.45) is 2.25. The maximum Gasteiger partial charge on any atom is 0.227 e. The zero-order valence-corrected chi connectivity index (χ0v) is 16.5. The van der Waals surface area contributed by atoms with Crippen LogP contribution in [0.5, 0.6) is 0 Å². The van der Waals surface area contributed by atoms with Crippen molar-refractivity contribution in [1.82, 2.24) is 16.0 Å². The van der Waals surface area contributed by atoms with Crippen LogP contribution in [0.15, 0.2) is 4.99 Å². The van der Waals surface area contributed by atoms with Crippen LogP contribution < -0.4 is 16.0 Å². The zero-order valence-electron chi connectivity index (χ0n) is 16.5. The number of hydrogen-bond donors (Lipinski definition) is 3. The number of carbonyl (C=O) groups is 1. The van der Waals surface area contributed by atoms with Gasteiger partial charge in [-0.3, -0.25) is 9.79 Å². The van der Waals surface area contributed by atoms with E-state index in [1.165, 1.54) is 0 Å². The topological polar surface area (TPSA) is 65.5 Å². The van der Waals surface area contributed by atoms with Gasteiger partial charge < -0.3 is 16.0 Å². The second kappa shape index (κ2) is 9.78. The largest absolute Gasteiger partial charge is 0.357 e. The smallest absolute Gasteiger partial charge is 0.227 e. The van der Waals surface area contributed by atoms with Crippen LogP contribution in [0.4, 0.5) is 0 Å². The molecular formula is C18H38N4O. The Morgan fingerprint density at radius 3 is 2.09 bits per heavy atom. The maximum atomic E-state index is 12.0. The number of amides is 1. The number of hydrogen-bond acceptors (Lipinski definition) is 2. The van der Waals surface area contributed by atoms with Crippen molar-refractivity contribution in [2.75, 3.05) is 19.6 Å². The molecule has 0 saturated heterocycles. The van der Waals surface area contributed by atoms with Gasteiger partial charge in [-0.05, 0) is 52.9 Å². The van der Waals surface area contributed by atoms with E-state index in [4.69, 9.17) is 0 Å². The van der Waals surface area contributed by atoms with E-state index in [1.54, 1.807) is 0 Å². The number of rotatable bonds is 8. The molecule has 0 saturated carbocycles. The Balaban J connectivity index is 4.67. The van der Waals surface area contributed by atoms with Crippen molar-refractivity contribution in [3.8, 4) is 0 Å². The molecule has 1 amide bonds. The van der Waals surface area contributed by atoms with E-state index < -0.39 is 5.41 Å². The molecule has 0 aliphatic heterocycles. The highest BCUT2D eigenvalue weighted by atomic mass is 16.2. The first-order chi connectivity index (χ1) is 10.5. The van der Waals surface area contributed by atoms with Gasteiger partial charge in [0.15, 0.2) is 5.96 Å². The van der Waals surface area contributed by atoms with E-state index in [2.05, 4.69) is 48.6 Å². The van der Waals surface area contributed by atoms with Gasteiger partial charge in [0.25, 0.3) is 0 Å². The molecule has 0 aromatic heterocycles. The summed E-state index contributed by atoms with van der Waals surface area (Å²) in [6.45, 7) is 18.7. The average molecular weight is 327 g/mol. The molecular weight excluding hydrogens is 288 g/mol. The molecule has 0 rings (SSSR count). The van der Waals surface area contributed by atoms with Crippen LogP contribution in [0.1, 0.15) is 68.2 Å². The summed E-state index contributed by atoms with van der Waals surface area (Å²) >= 11 is 0. The van der Waals surface area contributed by atoms with Gasteiger partial charge in [0.1, 0.15) is 0 Å². The third kappa shape index (κ3) is 10.2. The van der Waals surface area contributed by atoms with Crippen LogP contribution in [-0.2, 0) is 4.79 Å². The predicted octanol–water partition coefficient (Wildman–Crippen LogP) is 2.92. The Kier molecular flexibility index (Phi) is 9.25. The number of nitrogens with one attached hydrogen (secondary N) is 3. The van der Waals surface area contributed by atoms with Gasteiger partial charge in [0, 0.05) is 19.1 Å². The highest BCUT2D eigenvalue weighted by Gasteiger charge is 2.27. The van der Waals surface area contributed by atoms with Crippen LogP contribution in [0.25, 0.3) is 0 Å². The van der Waals surface area contributed by atoms with E-state index in [-0.39, 0.29) is 5.91 Å². The third-order valence-corrected chi connectivity index (χ3v) is 3.64. The van der Waals surface area contributed by atoms with E-state index in [1.807, 2.05) is 27.7 Å². The number of aliphatic imine (C=N–C) groups is 1. The number of guanidine groups is 1. The molecule has 23 heavy (non-hydrogen) atoms. The summed E-state index contributed by atoms with van der Waals surface area (Å²) in [6, 6.07) is 0.347. The highest BCUT2D eigenvalue weighted by Crippen LogP contribution is 2.21. The zero-order chi connectivity index (χ0) is 18.1. The lowest BCUT2D eigenvalue weighted by Crippen LogP contribution is -2.44. The monoisotopic (exact) mass is 326 g/mol. The molecule has 0 bridgehead atoms. The molecule has 5 nitrogen and oxygen atoms in total. The summed E-state index contributed by atoms with van der Waals surface area (Å²) in [5.41, 5.74) is -0.168. The van der Waals surface area contributed by atoms with Crippen molar-refractivity contribution in [2.24, 2.45) is 15.8 Å². The van der Waals surface area contributed by atoms with Crippen molar-refractivity contribution in [2.45, 2.75) is 74.3 Å². The van der Waals surface area contributed by atoms with Crippen molar-refractivity contribution in [3.63, 3.8) is 0 Å². The lowest BCUT2D eigenvalue weighted by molar-refractivity contribution is -0.128. The minimum absolute atomic E-state index is 0.0420. The quantitative estimate of drug-likeness (QED) is 0.475. The highest BCUT2D eigenvalue weighted by molar-refractivity contribution is 5.83. The minimum atomic E-state index is -0.507. The fraction of sp³-hybridized carbons (Fsp3) is 0.889. The van der Waals surface area contributed by atoms with Crippen LogP contribution in [0, 0.1) is 10.8 Å². The van der Waals surface area contributed by atoms with Gasteiger partial charge in [-0.1, -0.05) is 20.8 Å². The lowest BCUT2D eigenvalue weighted by atomic mass is 9.89. The first-order valence-electron chi connectivity index (χ1n) is 8.85. The van der Waals surface area contributed by atoms with Crippen molar-refractivity contribution in [3.05, 3.63) is 0 Å². The summed E-state index contributed by atoms with van der Waals surface area (Å²) in [5.74, 6) is 0.826. The number of nitrogens with zero attached hydrogens (tertiary/aromatic N) is 1. The molecule has 0 radical (unpaired) electrons. The normalized spacial score (nSPS) is 14.3. The van der Waals surface area contributed by atoms with Gasteiger partial charge in [0.2, 0.25) is 5.91 Å². The van der Waals surface area contributed by atoms with E-state index in [9.17, 15) is 4.79 Å². The Morgan fingerprint density at radius 2 is 1.61 bits per heavy atom. The van der Waals surface area contributed by atoms with E-state index >= 15 is 0 Å². The second-order valence-electron chi connectivity index (χ2n) is 8.08. The van der Waals surface area contributed by atoms with Crippen molar-refractivity contribution in [1.29, 1.82) is 0 Å². The van der Waals surface area contributed by atoms with Crippen molar-refractivity contribution >= 4 is 11.9 Å². The minimum Gasteiger partial charge on any atom is -0.357 e. The molecule has 0 heterocycles. The molecule has 136 valence electrons.